The van der Waals surface area contributed by atoms with E-state index >= 15 is 0 Å². The lowest BCUT2D eigenvalue weighted by atomic mass is 9.86. The Balaban J connectivity index is 0.000000325. The number of alkyl halides is 6. The number of aromatic amines is 1. The molecule has 3 aliphatic rings. The first-order valence-corrected chi connectivity index (χ1v) is 38.8. The zero-order valence-electron chi connectivity index (χ0n) is 61.4. The predicted octanol–water partition coefficient (Wildman–Crippen LogP) is 17.2. The van der Waals surface area contributed by atoms with Crippen LogP contribution in [0.4, 0.5) is 60.5 Å². The number of ketones is 4. The number of nitrogen functional groups attached to an aromatic ring is 2. The van der Waals surface area contributed by atoms with Crippen LogP contribution in [0.15, 0.2) is 91.0 Å². The number of aromatic nitrogens is 2. The lowest BCUT2D eigenvalue weighted by Crippen LogP contribution is -2.39. The number of nitrogens with two attached hydrogens (primary N) is 2. The van der Waals surface area contributed by atoms with E-state index in [9.17, 15) is 50.3 Å². The molecule has 7 aromatic rings. The second kappa shape index (κ2) is 45.2. The van der Waals surface area contributed by atoms with Crippen LogP contribution in [0.1, 0.15) is 169 Å². The number of carboxylic acid groups (broad SMARTS) is 1. The summed E-state index contributed by atoms with van der Waals surface area (Å²) in [6.07, 6.45) is 1.28. The minimum absolute atomic E-state index is 0.0265. The summed E-state index contributed by atoms with van der Waals surface area (Å²) in [5, 5.41) is 11.6. The Hall–Kier alpha value is -7.81. The smallest absolute Gasteiger partial charge is 0.335 e. The lowest BCUT2D eigenvalue weighted by Gasteiger charge is -2.35. The summed E-state index contributed by atoms with van der Waals surface area (Å²) < 4.78 is 131. The number of anilines is 6. The van der Waals surface area contributed by atoms with Crippen molar-refractivity contribution in [2.24, 2.45) is 0 Å². The van der Waals surface area contributed by atoms with Crippen molar-refractivity contribution < 1.29 is 85.5 Å². The summed E-state index contributed by atoms with van der Waals surface area (Å²) in [5.41, 5.74) is 21.7. The zero-order valence-corrected chi connectivity index (χ0v) is 68.4. The number of Topliss-reactive ketones (excluding diaryl/α,β-unsaturated/α-hetero) is 4. The number of benzene rings is 6. The number of carbonyl (C=O) groups is 6. The number of aliphatic carboxylic acids is 1. The first-order chi connectivity index (χ1) is 52.2. The van der Waals surface area contributed by atoms with Crippen molar-refractivity contribution in [1.29, 1.82) is 0 Å². The van der Waals surface area contributed by atoms with Crippen LogP contribution in [0.3, 0.4) is 0 Å². The molecule has 10 rings (SSSR count). The van der Waals surface area contributed by atoms with Crippen LogP contribution in [0.5, 0.6) is 0 Å². The van der Waals surface area contributed by atoms with Gasteiger partial charge in [-0.15, -0.1) is 0 Å². The Morgan fingerprint density at radius 1 is 0.514 bits per heavy atom. The van der Waals surface area contributed by atoms with Gasteiger partial charge in [-0.3, -0.25) is 28.8 Å². The summed E-state index contributed by atoms with van der Waals surface area (Å²) in [4.78, 5) is 84.5. The number of imidazole rings is 1. The van der Waals surface area contributed by atoms with Crippen molar-refractivity contribution in [3.8, 4) is 0 Å². The molecule has 3 unspecified atom stereocenters. The van der Waals surface area contributed by atoms with Crippen LogP contribution in [-0.4, -0.2) is 132 Å². The number of hydrogen-bond acceptors (Lipinski definition) is 18. The summed E-state index contributed by atoms with van der Waals surface area (Å²) in [6, 6.07) is 28.0. The van der Waals surface area contributed by atoms with Crippen LogP contribution >= 0.6 is 69.6 Å². The molecule has 21 nitrogen and oxygen atoms in total. The second-order valence-electron chi connectivity index (χ2n) is 26.2. The highest BCUT2D eigenvalue weighted by Crippen LogP contribution is 2.47. The Morgan fingerprint density at radius 3 is 1.23 bits per heavy atom. The fourth-order valence-electron chi connectivity index (χ4n) is 12.4. The topological polar surface area (TPSA) is 328 Å². The number of nitrogens with one attached hydrogen (secondary N) is 2. The Morgan fingerprint density at radius 2 is 0.847 bits per heavy atom. The summed E-state index contributed by atoms with van der Waals surface area (Å²) >= 11 is 36.9. The molecule has 0 saturated carbocycles. The van der Waals surface area contributed by atoms with Gasteiger partial charge in [-0.1, -0.05) is 163 Å². The molecule has 604 valence electrons. The average molecular weight is 1730 g/mol. The highest BCUT2D eigenvalue weighted by atomic mass is 35.5. The largest absolute Gasteiger partial charge is 0.481 e. The van der Waals surface area contributed by atoms with Crippen LogP contribution in [0.25, 0.3) is 11.0 Å². The minimum atomic E-state index is -2.71. The molecule has 1 aromatic heterocycles. The maximum absolute atomic E-state index is 13.6. The van der Waals surface area contributed by atoms with Crippen molar-refractivity contribution in [1.82, 2.24) is 9.97 Å². The number of amides is 1. The highest BCUT2D eigenvalue weighted by Gasteiger charge is 2.39. The number of nitrogens with zero attached hydrogens (tertiary/aromatic N) is 4. The van der Waals surface area contributed by atoms with E-state index in [4.69, 9.17) is 121 Å². The third-order valence-corrected chi connectivity index (χ3v) is 20.2. The molecule has 1 amide bonds. The number of aryl methyl sites for hydroxylation is 3. The molecular formula is C75H84Cl6F6N8O13S3. The van der Waals surface area contributed by atoms with Crippen molar-refractivity contribution in [2.45, 2.75) is 167 Å². The molecular weight excluding hydrogens is 1640 g/mol. The summed E-state index contributed by atoms with van der Waals surface area (Å²) in [6.45, 7) is 12.4. The molecule has 3 atom stereocenters. The summed E-state index contributed by atoms with van der Waals surface area (Å²) in [7, 11) is 0. The van der Waals surface area contributed by atoms with Gasteiger partial charge in [-0.2, -0.15) is 25.3 Å². The molecule has 4 heterocycles. The number of fused-ring (bicyclic) bond motifs is 1. The van der Waals surface area contributed by atoms with Gasteiger partial charge in [0.2, 0.25) is 5.91 Å². The van der Waals surface area contributed by atoms with E-state index in [0.717, 1.165) is 48.4 Å². The van der Waals surface area contributed by atoms with E-state index in [1.807, 2.05) is 74.5 Å². The molecule has 3 saturated heterocycles. The maximum Gasteiger partial charge on any atom is 0.335 e. The van der Waals surface area contributed by atoms with Gasteiger partial charge in [0.25, 0.3) is 23.7 Å². The van der Waals surface area contributed by atoms with Gasteiger partial charge < -0.3 is 41.6 Å². The van der Waals surface area contributed by atoms with E-state index in [0.29, 0.717) is 61.5 Å². The quantitative estimate of drug-likeness (QED) is 0.0330. The molecule has 111 heavy (non-hydrogen) atoms. The van der Waals surface area contributed by atoms with Crippen LogP contribution in [0, 0.1) is 0 Å². The Labute approximate surface area is 679 Å². The number of carbonyl (C=O) groups excluding carboxylic acids is 5. The zero-order chi connectivity index (χ0) is 83.4. The lowest BCUT2D eigenvalue weighted by molar-refractivity contribution is -0.134. The minimum Gasteiger partial charge on any atom is -0.481 e. The van der Waals surface area contributed by atoms with Crippen LogP contribution in [0.2, 0.25) is 30.1 Å². The monoisotopic (exact) mass is 1720 g/mol. The molecule has 7 N–H and O–H groups in total. The van der Waals surface area contributed by atoms with Gasteiger partial charge in [0.1, 0.15) is 34.5 Å². The number of hydrogen-bond donors (Lipinski definition) is 5. The molecule has 0 radical (unpaired) electrons. The van der Waals surface area contributed by atoms with E-state index < -0.39 is 76.2 Å². The third kappa shape index (κ3) is 29.0. The van der Waals surface area contributed by atoms with E-state index in [1.54, 1.807) is 27.7 Å². The van der Waals surface area contributed by atoms with E-state index in [-0.39, 0.29) is 163 Å². The number of carboxylic acids is 1. The van der Waals surface area contributed by atoms with Gasteiger partial charge in [0.15, 0.2) is 0 Å². The molecule has 0 bridgehead atoms. The van der Waals surface area contributed by atoms with Crippen molar-refractivity contribution in [3.05, 3.63) is 166 Å². The fourth-order valence-corrected chi connectivity index (χ4v) is 14.6. The number of halogens is 12. The van der Waals surface area contributed by atoms with Crippen LogP contribution < -0.4 is 31.5 Å². The molecule has 6 aromatic carbocycles. The van der Waals surface area contributed by atoms with E-state index in [1.165, 1.54) is 31.5 Å². The van der Waals surface area contributed by atoms with Crippen molar-refractivity contribution in [3.63, 3.8) is 0 Å². The molecule has 36 heteroatoms. The fraction of sp³-hybridized carbons (Fsp3) is 0.427. The highest BCUT2D eigenvalue weighted by molar-refractivity contribution is 7.52. The third-order valence-electron chi connectivity index (χ3n) is 18.1. The normalized spacial score (nSPS) is 15.2. The summed E-state index contributed by atoms with van der Waals surface area (Å²) in [5.74, 6) is -10.7. The SMILES string of the molecule is CC(=O)O.CCc1ccc(C(CC(C)=O)C(=O)Cc2c(N)cc(Cl)c(N3CCC(F)(F)CC3)c2Cl)cc1.CCc1ccc(C(CC(C)=O)C(=O)Nc2cc(Cl)c(N3CCC(F)(F)CC3)c(Cl)c2N)cc1.CCc1ccc(C(CC(C)=O)c2nc3c(Cl)c(N4CCC(F)(F)CC4)c(Cl)cc3[nH]2)cc1.O=S=O.O=S=O.O=S=O. The van der Waals surface area contributed by atoms with Gasteiger partial charge in [-0.05, 0) is 91.6 Å². The van der Waals surface area contributed by atoms with Gasteiger partial charge in [0.05, 0.1) is 70.0 Å². The molecule has 3 aliphatic heterocycles. The Kier molecular flexibility index (Phi) is 38.9. The van der Waals surface area contributed by atoms with E-state index in [2.05, 4.69) is 29.4 Å². The van der Waals surface area contributed by atoms with Gasteiger partial charge >= 0.3 is 34.7 Å². The van der Waals surface area contributed by atoms with Gasteiger partial charge in [0, 0.05) is 133 Å². The van der Waals surface area contributed by atoms with Crippen LogP contribution in [-0.2, 0) is 89.2 Å². The maximum atomic E-state index is 13.6. The standard InChI is InChI=1S/C25H28Cl2F2N2O2.C24H27Cl2F2N3O2.C24H25Cl2F2N3O.C2H4O2.3O2S/c1-3-16-4-6-17(7-5-16)18(12-15(2)32)22(33)13-19-21(30)14-20(26)24(23(19)27)31-10-8-25(28,29)9-11-31;1-3-15-4-6-16(7-5-15)17(12-14(2)32)23(33)30-19-13-18(25)22(20(26)21(19)29)31-10-8-24(27,28)9-11-31;1-3-15-4-6-16(7-5-15)17(12-14(2)32)23-29-19-13-18(25)22(20(26)21(19)30-23)31-10-8-24(27,28)9-11-31;1-2(3)4;3*1-3-2/h4-7,14,18H,3,8-13,30H2,1-2H3;4-7,13,17H,3,8-12,29H2,1-2H3,(H,30,33);4-7,13,17H,3,8-12H2,1-2H3,(H,29,30);1H3,(H,3,4);;;. The first-order valence-electron chi connectivity index (χ1n) is 34.5. The molecule has 3 fully saturated rings. The first kappa shape index (κ1) is 95.6. The number of H-pyrrole nitrogens is 1. The van der Waals surface area contributed by atoms with Gasteiger partial charge in [-0.25, -0.2) is 31.3 Å². The second-order valence-corrected chi connectivity index (χ2v) is 28.9. The average Bonchev–Trinajstić information content (AvgIpc) is 1.65. The predicted molar refractivity (Wildman–Crippen MR) is 425 cm³/mol. The number of piperidine rings is 3. The van der Waals surface area contributed by atoms with Crippen molar-refractivity contribution >= 4 is 184 Å². The number of rotatable bonds is 21. The molecule has 0 spiro atoms. The van der Waals surface area contributed by atoms with Crippen molar-refractivity contribution in [2.75, 3.05) is 70.8 Å². The molecule has 0 aliphatic carbocycles. The Bertz CT molecular complexity index is 4460.